The van der Waals surface area contributed by atoms with Gasteiger partial charge in [-0.1, -0.05) is 36.4 Å². The maximum atomic E-state index is 12.8. The first-order chi connectivity index (χ1) is 11.7. The summed E-state index contributed by atoms with van der Waals surface area (Å²) in [6.45, 7) is 0. The molecule has 0 spiro atoms. The summed E-state index contributed by atoms with van der Waals surface area (Å²) in [5, 5.41) is 0. The Morgan fingerprint density at radius 2 is 0.917 bits per heavy atom. The number of hydrogen-bond acceptors (Lipinski definition) is 2. The van der Waals surface area contributed by atoms with Crippen molar-refractivity contribution in [3.8, 4) is 0 Å². The fourth-order valence-corrected chi connectivity index (χ4v) is 2.03. The Hall–Kier alpha value is -3.14. The molecule has 0 radical (unpaired) electrons. The van der Waals surface area contributed by atoms with Crippen LogP contribution in [-0.4, -0.2) is 9.97 Å². The van der Waals surface area contributed by atoms with Crippen LogP contribution in [0.3, 0.4) is 0 Å². The van der Waals surface area contributed by atoms with E-state index >= 15 is 0 Å². The van der Waals surface area contributed by atoms with Gasteiger partial charge >= 0.3 is 0 Å². The molecule has 0 unspecified atom stereocenters. The topological polar surface area (TPSA) is 25.8 Å². The van der Waals surface area contributed by atoms with Gasteiger partial charge in [-0.25, -0.2) is 8.78 Å². The van der Waals surface area contributed by atoms with Gasteiger partial charge in [0.05, 0.1) is 23.8 Å². The summed E-state index contributed by atoms with van der Waals surface area (Å²) >= 11 is 0. The third-order valence-corrected chi connectivity index (χ3v) is 3.32. The lowest BCUT2D eigenvalue weighted by atomic mass is 10.2. The Balaban J connectivity index is 1.66. The van der Waals surface area contributed by atoms with E-state index in [0.717, 1.165) is 11.1 Å². The molecule has 0 aliphatic carbocycles. The average molecular weight is 320 g/mol. The molecule has 0 aliphatic rings. The molecule has 0 saturated carbocycles. The first kappa shape index (κ1) is 15.7. The van der Waals surface area contributed by atoms with E-state index in [1.54, 1.807) is 36.7 Å². The molecule has 3 aromatic rings. The van der Waals surface area contributed by atoms with Crippen LogP contribution in [0.25, 0.3) is 24.3 Å². The highest BCUT2D eigenvalue weighted by atomic mass is 19.1. The van der Waals surface area contributed by atoms with Crippen molar-refractivity contribution >= 4 is 24.3 Å². The highest BCUT2D eigenvalue weighted by molar-refractivity contribution is 5.69. The van der Waals surface area contributed by atoms with Crippen LogP contribution >= 0.6 is 0 Å². The van der Waals surface area contributed by atoms with Gasteiger partial charge in [0.25, 0.3) is 0 Å². The Morgan fingerprint density at radius 1 is 0.542 bits per heavy atom. The van der Waals surface area contributed by atoms with Crippen molar-refractivity contribution < 1.29 is 8.78 Å². The fourth-order valence-electron chi connectivity index (χ4n) is 2.03. The maximum Gasteiger partial charge on any atom is 0.123 e. The van der Waals surface area contributed by atoms with Crippen LogP contribution in [0.1, 0.15) is 22.5 Å². The molecule has 0 amide bonds. The summed E-state index contributed by atoms with van der Waals surface area (Å²) < 4.78 is 25.7. The summed E-state index contributed by atoms with van der Waals surface area (Å²) in [6.07, 6.45) is 10.6. The molecule has 0 fully saturated rings. The first-order valence-electron chi connectivity index (χ1n) is 7.38. The minimum absolute atomic E-state index is 0.260. The Bertz CT molecular complexity index is 775. The van der Waals surface area contributed by atoms with Gasteiger partial charge in [-0.15, -0.1) is 0 Å². The summed E-state index contributed by atoms with van der Waals surface area (Å²) in [5.74, 6) is -0.520. The molecular weight excluding hydrogens is 306 g/mol. The maximum absolute atomic E-state index is 12.8. The van der Waals surface area contributed by atoms with Crippen molar-refractivity contribution in [3.63, 3.8) is 0 Å². The summed E-state index contributed by atoms with van der Waals surface area (Å²) in [4.78, 5) is 8.61. The normalized spacial score (nSPS) is 11.4. The number of benzene rings is 2. The van der Waals surface area contributed by atoms with Crippen LogP contribution in [0.5, 0.6) is 0 Å². The van der Waals surface area contributed by atoms with E-state index in [9.17, 15) is 8.78 Å². The van der Waals surface area contributed by atoms with E-state index in [1.165, 1.54) is 24.3 Å². The van der Waals surface area contributed by atoms with Crippen molar-refractivity contribution in [2.24, 2.45) is 0 Å². The number of aromatic nitrogens is 2. The second kappa shape index (κ2) is 7.42. The van der Waals surface area contributed by atoms with Crippen LogP contribution in [0.2, 0.25) is 0 Å². The van der Waals surface area contributed by atoms with Crippen LogP contribution in [0.15, 0.2) is 60.9 Å². The van der Waals surface area contributed by atoms with Gasteiger partial charge in [-0.3, -0.25) is 9.97 Å². The lowest BCUT2D eigenvalue weighted by Gasteiger charge is -1.96. The van der Waals surface area contributed by atoms with Gasteiger partial charge < -0.3 is 0 Å². The van der Waals surface area contributed by atoms with Gasteiger partial charge in [-0.2, -0.15) is 0 Å². The molecule has 118 valence electrons. The van der Waals surface area contributed by atoms with Gasteiger partial charge in [0.1, 0.15) is 11.6 Å². The highest BCUT2D eigenvalue weighted by Crippen LogP contribution is 2.09. The van der Waals surface area contributed by atoms with E-state index in [2.05, 4.69) is 9.97 Å². The standard InChI is InChI=1S/C20H14F2N2/c21-17-7-1-15(2-8-17)5-11-19-13-24-20(14-23-19)12-6-16-3-9-18(22)10-4-16/h1-14H. The van der Waals surface area contributed by atoms with Crippen molar-refractivity contribution in [1.82, 2.24) is 9.97 Å². The molecule has 1 aromatic heterocycles. The van der Waals surface area contributed by atoms with Crippen molar-refractivity contribution in [2.75, 3.05) is 0 Å². The van der Waals surface area contributed by atoms with Gasteiger partial charge in [0, 0.05) is 0 Å². The van der Waals surface area contributed by atoms with Crippen molar-refractivity contribution in [1.29, 1.82) is 0 Å². The Kier molecular flexibility index (Phi) is 4.87. The quantitative estimate of drug-likeness (QED) is 0.668. The Labute approximate surface area is 138 Å². The summed E-state index contributed by atoms with van der Waals surface area (Å²) in [6, 6.07) is 12.4. The van der Waals surface area contributed by atoms with E-state index in [0.29, 0.717) is 11.4 Å². The van der Waals surface area contributed by atoms with Crippen molar-refractivity contribution in [2.45, 2.75) is 0 Å². The van der Waals surface area contributed by atoms with Crippen LogP contribution in [0.4, 0.5) is 8.78 Å². The zero-order chi connectivity index (χ0) is 16.8. The smallest absolute Gasteiger partial charge is 0.123 e. The average Bonchev–Trinajstić information content (AvgIpc) is 2.62. The van der Waals surface area contributed by atoms with Crippen LogP contribution < -0.4 is 0 Å². The first-order valence-corrected chi connectivity index (χ1v) is 7.38. The number of hydrogen-bond donors (Lipinski definition) is 0. The summed E-state index contributed by atoms with van der Waals surface area (Å²) in [7, 11) is 0. The third-order valence-electron chi connectivity index (χ3n) is 3.32. The minimum Gasteiger partial charge on any atom is -0.253 e. The summed E-state index contributed by atoms with van der Waals surface area (Å²) in [5.41, 5.74) is 3.19. The van der Waals surface area contributed by atoms with E-state index < -0.39 is 0 Å². The molecule has 2 aromatic carbocycles. The second-order valence-electron chi connectivity index (χ2n) is 5.14. The zero-order valence-electron chi connectivity index (χ0n) is 12.7. The molecule has 4 heteroatoms. The molecule has 0 atom stereocenters. The highest BCUT2D eigenvalue weighted by Gasteiger charge is 1.94. The van der Waals surface area contributed by atoms with Crippen molar-refractivity contribution in [3.05, 3.63) is 95.1 Å². The monoisotopic (exact) mass is 320 g/mol. The molecule has 24 heavy (non-hydrogen) atoms. The van der Waals surface area contributed by atoms with Gasteiger partial charge in [0.2, 0.25) is 0 Å². The molecule has 1 heterocycles. The predicted molar refractivity (Wildman–Crippen MR) is 92.7 cm³/mol. The van der Waals surface area contributed by atoms with Crippen LogP contribution in [0, 0.1) is 11.6 Å². The van der Waals surface area contributed by atoms with E-state index in [-0.39, 0.29) is 11.6 Å². The lowest BCUT2D eigenvalue weighted by molar-refractivity contribution is 0.627. The number of halogens is 2. The lowest BCUT2D eigenvalue weighted by Crippen LogP contribution is -1.86. The SMILES string of the molecule is Fc1ccc(C=Cc2cnc(C=Cc3ccc(F)cc3)cn2)cc1. The fraction of sp³-hybridized carbons (Fsp3) is 0. The molecule has 0 aliphatic heterocycles. The van der Waals surface area contributed by atoms with Gasteiger partial charge in [-0.05, 0) is 47.5 Å². The van der Waals surface area contributed by atoms with Crippen LogP contribution in [-0.2, 0) is 0 Å². The third kappa shape index (κ3) is 4.43. The molecule has 0 saturated heterocycles. The molecule has 0 bridgehead atoms. The number of nitrogens with zero attached hydrogens (tertiary/aromatic N) is 2. The molecular formula is C20H14F2N2. The second-order valence-corrected chi connectivity index (χ2v) is 5.14. The largest absolute Gasteiger partial charge is 0.253 e. The number of rotatable bonds is 4. The van der Waals surface area contributed by atoms with Gasteiger partial charge in [0.15, 0.2) is 0 Å². The molecule has 0 N–H and O–H groups in total. The van der Waals surface area contributed by atoms with E-state index in [4.69, 9.17) is 0 Å². The molecule has 2 nitrogen and oxygen atoms in total. The van der Waals surface area contributed by atoms with E-state index in [1.807, 2.05) is 24.3 Å². The zero-order valence-corrected chi connectivity index (χ0v) is 12.7. The Morgan fingerprint density at radius 3 is 1.25 bits per heavy atom. The minimum atomic E-state index is -0.260. The molecule has 3 rings (SSSR count). The predicted octanol–water partition coefficient (Wildman–Crippen LogP) is 5.10.